The number of aromatic hydroxyl groups is 1. The topological polar surface area (TPSA) is 35.5 Å². The van der Waals surface area contributed by atoms with Crippen LogP contribution < -0.4 is 5.32 Å². The van der Waals surface area contributed by atoms with Crippen molar-refractivity contribution in [2.24, 2.45) is 0 Å². The summed E-state index contributed by atoms with van der Waals surface area (Å²) < 4.78 is 0. The van der Waals surface area contributed by atoms with Crippen LogP contribution in [0.2, 0.25) is 10.0 Å². The number of phenolic OH excluding ortho intramolecular Hbond substituents is 1. The molecule has 1 aromatic rings. The molecule has 0 aromatic heterocycles. The van der Waals surface area contributed by atoms with Gasteiger partial charge in [0.25, 0.3) is 0 Å². The Morgan fingerprint density at radius 3 is 2.60 bits per heavy atom. The van der Waals surface area contributed by atoms with Crippen molar-refractivity contribution in [1.29, 1.82) is 0 Å². The highest BCUT2D eigenvalue weighted by molar-refractivity contribution is 6.35. The molecule has 0 bridgehead atoms. The first kappa shape index (κ1) is 15.9. The van der Waals surface area contributed by atoms with Crippen LogP contribution in [0.4, 0.5) is 0 Å². The molecular formula is C15H22Cl2N2O. The van der Waals surface area contributed by atoms with E-state index in [1.807, 2.05) is 0 Å². The molecule has 0 spiro atoms. The predicted molar refractivity (Wildman–Crippen MR) is 84.8 cm³/mol. The van der Waals surface area contributed by atoms with Gasteiger partial charge in [0.15, 0.2) is 0 Å². The van der Waals surface area contributed by atoms with Crippen molar-refractivity contribution in [3.05, 3.63) is 27.7 Å². The number of piperazine rings is 1. The van der Waals surface area contributed by atoms with E-state index in [2.05, 4.69) is 17.1 Å². The Balaban J connectivity index is 2.29. The summed E-state index contributed by atoms with van der Waals surface area (Å²) >= 11 is 12.3. The summed E-state index contributed by atoms with van der Waals surface area (Å²) in [5.41, 5.74) is 0.825. The van der Waals surface area contributed by atoms with Gasteiger partial charge in [-0.15, -0.1) is 0 Å². The second kappa shape index (κ2) is 7.51. The van der Waals surface area contributed by atoms with Crippen molar-refractivity contribution in [2.45, 2.75) is 32.2 Å². The lowest BCUT2D eigenvalue weighted by molar-refractivity contribution is 0.161. The number of nitrogens with one attached hydrogen (secondary N) is 1. The Labute approximate surface area is 130 Å². The maximum Gasteiger partial charge on any atom is 0.123 e. The van der Waals surface area contributed by atoms with Crippen molar-refractivity contribution < 1.29 is 5.11 Å². The van der Waals surface area contributed by atoms with E-state index in [0.29, 0.717) is 10.0 Å². The Morgan fingerprint density at radius 2 is 2.00 bits per heavy atom. The van der Waals surface area contributed by atoms with Crippen molar-refractivity contribution in [1.82, 2.24) is 10.2 Å². The number of phenols is 1. The summed E-state index contributed by atoms with van der Waals surface area (Å²) in [6, 6.07) is 3.48. The molecule has 2 rings (SSSR count). The van der Waals surface area contributed by atoms with Crippen LogP contribution >= 0.6 is 23.2 Å². The second-order valence-corrected chi connectivity index (χ2v) is 6.11. The first-order valence-corrected chi connectivity index (χ1v) is 8.01. The van der Waals surface area contributed by atoms with Gasteiger partial charge in [0, 0.05) is 42.8 Å². The van der Waals surface area contributed by atoms with Crippen LogP contribution in [0.3, 0.4) is 0 Å². The number of hydrogen-bond acceptors (Lipinski definition) is 3. The van der Waals surface area contributed by atoms with Crippen LogP contribution in [0, 0.1) is 0 Å². The Morgan fingerprint density at radius 1 is 1.30 bits per heavy atom. The van der Waals surface area contributed by atoms with Gasteiger partial charge >= 0.3 is 0 Å². The number of rotatable bonds is 5. The molecule has 1 fully saturated rings. The fourth-order valence-electron chi connectivity index (χ4n) is 2.80. The molecule has 1 saturated heterocycles. The molecule has 1 atom stereocenters. The lowest BCUT2D eigenvalue weighted by Crippen LogP contribution is -2.45. The Bertz CT molecular complexity index is 424. The molecule has 20 heavy (non-hydrogen) atoms. The van der Waals surface area contributed by atoms with Crippen LogP contribution in [-0.4, -0.2) is 36.2 Å². The Hall–Kier alpha value is -0.480. The molecule has 0 saturated carbocycles. The minimum absolute atomic E-state index is 0.168. The number of halogens is 2. The van der Waals surface area contributed by atoms with Gasteiger partial charge in [-0.05, 0) is 18.6 Å². The van der Waals surface area contributed by atoms with Crippen molar-refractivity contribution in [3.8, 4) is 5.75 Å². The van der Waals surface area contributed by atoms with Crippen LogP contribution in [0.1, 0.15) is 37.8 Å². The average molecular weight is 317 g/mol. The lowest BCUT2D eigenvalue weighted by Gasteiger charge is -2.36. The first-order valence-electron chi connectivity index (χ1n) is 7.26. The average Bonchev–Trinajstić information content (AvgIpc) is 2.42. The quantitative estimate of drug-likeness (QED) is 0.866. The van der Waals surface area contributed by atoms with E-state index in [1.54, 1.807) is 12.1 Å². The maximum atomic E-state index is 10.3. The molecule has 2 N–H and O–H groups in total. The monoisotopic (exact) mass is 316 g/mol. The summed E-state index contributed by atoms with van der Waals surface area (Å²) in [7, 11) is 0. The van der Waals surface area contributed by atoms with E-state index >= 15 is 0 Å². The minimum atomic E-state index is 0.168. The van der Waals surface area contributed by atoms with Crippen LogP contribution in [0.15, 0.2) is 12.1 Å². The first-order chi connectivity index (χ1) is 9.63. The minimum Gasteiger partial charge on any atom is -0.508 e. The molecule has 5 heteroatoms. The molecule has 3 nitrogen and oxygen atoms in total. The van der Waals surface area contributed by atoms with Gasteiger partial charge in [-0.1, -0.05) is 43.0 Å². The normalized spacial score (nSPS) is 18.1. The fourth-order valence-corrected chi connectivity index (χ4v) is 3.41. The molecule has 1 aliphatic heterocycles. The number of benzene rings is 1. The Kier molecular flexibility index (Phi) is 5.97. The van der Waals surface area contributed by atoms with E-state index in [-0.39, 0.29) is 11.8 Å². The summed E-state index contributed by atoms with van der Waals surface area (Å²) in [5, 5.41) is 14.7. The highest BCUT2D eigenvalue weighted by atomic mass is 35.5. The molecule has 112 valence electrons. The highest BCUT2D eigenvalue weighted by Gasteiger charge is 2.26. The molecule has 0 radical (unpaired) electrons. The third-order valence-electron chi connectivity index (χ3n) is 3.83. The molecule has 1 aromatic carbocycles. The zero-order valence-corrected chi connectivity index (χ0v) is 13.3. The smallest absolute Gasteiger partial charge is 0.123 e. The molecule has 1 aliphatic rings. The maximum absolute atomic E-state index is 10.3. The van der Waals surface area contributed by atoms with Gasteiger partial charge in [0.2, 0.25) is 0 Å². The van der Waals surface area contributed by atoms with Crippen LogP contribution in [0.25, 0.3) is 0 Å². The van der Waals surface area contributed by atoms with E-state index in [1.165, 1.54) is 0 Å². The van der Waals surface area contributed by atoms with Gasteiger partial charge in [0.1, 0.15) is 5.75 Å². The van der Waals surface area contributed by atoms with E-state index in [9.17, 15) is 5.11 Å². The molecule has 0 unspecified atom stereocenters. The van der Waals surface area contributed by atoms with E-state index in [0.717, 1.165) is 51.0 Å². The number of unbranched alkanes of at least 4 members (excludes halogenated alkanes) is 1. The summed E-state index contributed by atoms with van der Waals surface area (Å²) in [6.07, 6.45) is 3.26. The number of hydrogen-bond donors (Lipinski definition) is 2. The van der Waals surface area contributed by atoms with Gasteiger partial charge in [-0.3, -0.25) is 4.90 Å². The number of nitrogens with zero attached hydrogens (tertiary/aromatic N) is 1. The molecule has 0 aliphatic carbocycles. The van der Waals surface area contributed by atoms with Crippen LogP contribution in [-0.2, 0) is 0 Å². The largest absolute Gasteiger partial charge is 0.508 e. The van der Waals surface area contributed by atoms with Crippen molar-refractivity contribution >= 4 is 23.2 Å². The SMILES string of the molecule is CCCC[C@@H](c1c(O)cc(Cl)cc1Cl)N1CCNCC1. The molecule has 0 amide bonds. The van der Waals surface area contributed by atoms with Gasteiger partial charge in [-0.25, -0.2) is 0 Å². The van der Waals surface area contributed by atoms with Gasteiger partial charge in [-0.2, -0.15) is 0 Å². The molecular weight excluding hydrogens is 295 g/mol. The van der Waals surface area contributed by atoms with Gasteiger partial charge < -0.3 is 10.4 Å². The van der Waals surface area contributed by atoms with E-state index < -0.39 is 0 Å². The van der Waals surface area contributed by atoms with E-state index in [4.69, 9.17) is 23.2 Å². The van der Waals surface area contributed by atoms with Gasteiger partial charge in [0.05, 0.1) is 5.02 Å². The van der Waals surface area contributed by atoms with Crippen LogP contribution in [0.5, 0.6) is 5.75 Å². The third kappa shape index (κ3) is 3.79. The second-order valence-electron chi connectivity index (χ2n) is 5.26. The lowest BCUT2D eigenvalue weighted by atomic mass is 9.97. The van der Waals surface area contributed by atoms with Crippen molar-refractivity contribution in [3.63, 3.8) is 0 Å². The predicted octanol–water partition coefficient (Wildman–Crippen LogP) is 3.84. The highest BCUT2D eigenvalue weighted by Crippen LogP contribution is 2.39. The summed E-state index contributed by atoms with van der Waals surface area (Å²) in [6.45, 7) is 6.10. The third-order valence-corrected chi connectivity index (χ3v) is 4.36. The zero-order chi connectivity index (χ0) is 14.5. The fraction of sp³-hybridized carbons (Fsp3) is 0.600. The zero-order valence-electron chi connectivity index (χ0n) is 11.8. The van der Waals surface area contributed by atoms with Crippen molar-refractivity contribution in [2.75, 3.05) is 26.2 Å². The molecule has 1 heterocycles. The summed E-state index contributed by atoms with van der Waals surface area (Å²) in [4.78, 5) is 2.40. The summed E-state index contributed by atoms with van der Waals surface area (Å²) in [5.74, 6) is 0.210. The standard InChI is InChI=1S/C15H22Cl2N2O/c1-2-3-4-13(19-7-5-18-6-8-19)15-12(17)9-11(16)10-14(15)20/h9-10,13,18,20H,2-8H2,1H3/t13-/m0/s1.